The van der Waals surface area contributed by atoms with E-state index in [0.717, 1.165) is 10.9 Å². The molecule has 1 aromatic carbocycles. The Hall–Kier alpha value is -1.03. The molecular weight excluding hydrogens is 386 g/mol. The molecule has 2 rings (SSSR count). The Labute approximate surface area is 133 Å². The molecule has 0 bridgehead atoms. The highest BCUT2D eigenvalue weighted by molar-refractivity contribution is 9.10. The minimum absolute atomic E-state index is 0.00532. The monoisotopic (exact) mass is 396 g/mol. The fraction of sp³-hybridized carbons (Fsp3) is 0.167. The largest absolute Gasteiger partial charge is 0.315 e. The third-order valence-corrected chi connectivity index (χ3v) is 5.57. The number of nitrogens with one attached hydrogen (secondary N) is 2. The average Bonchev–Trinajstić information content (AvgIpc) is 2.84. The van der Waals surface area contributed by atoms with Gasteiger partial charge in [0.05, 0.1) is 10.6 Å². The standard InChI is InChI=1S/C12H11BrF2N2O2S2/c1-16-5-8-4-9(6-20-8)21(18,19)17-12-10(13)2-7(14)3-11(12)15/h2-4,6,16-17H,5H2,1H3. The van der Waals surface area contributed by atoms with E-state index in [4.69, 9.17) is 0 Å². The van der Waals surface area contributed by atoms with E-state index >= 15 is 0 Å². The Morgan fingerprint density at radius 1 is 1.29 bits per heavy atom. The van der Waals surface area contributed by atoms with E-state index in [-0.39, 0.29) is 15.1 Å². The number of sulfonamides is 1. The van der Waals surface area contributed by atoms with E-state index in [9.17, 15) is 17.2 Å². The minimum Gasteiger partial charge on any atom is -0.315 e. The van der Waals surface area contributed by atoms with Crippen LogP contribution in [0.3, 0.4) is 0 Å². The third kappa shape index (κ3) is 3.79. The van der Waals surface area contributed by atoms with E-state index in [2.05, 4.69) is 26.0 Å². The van der Waals surface area contributed by atoms with Crippen molar-refractivity contribution in [3.63, 3.8) is 0 Å². The lowest BCUT2D eigenvalue weighted by molar-refractivity contribution is 0.581. The molecule has 4 nitrogen and oxygen atoms in total. The van der Waals surface area contributed by atoms with Crippen molar-refractivity contribution in [1.82, 2.24) is 5.32 Å². The molecule has 0 saturated carbocycles. The van der Waals surface area contributed by atoms with Gasteiger partial charge in [0, 0.05) is 27.3 Å². The molecule has 0 fully saturated rings. The summed E-state index contributed by atoms with van der Waals surface area (Å²) in [4.78, 5) is 0.866. The van der Waals surface area contributed by atoms with Crippen molar-refractivity contribution in [3.05, 3.63) is 44.6 Å². The van der Waals surface area contributed by atoms with Crippen LogP contribution in [0.4, 0.5) is 14.5 Å². The van der Waals surface area contributed by atoms with Crippen LogP contribution in [0.2, 0.25) is 0 Å². The van der Waals surface area contributed by atoms with Crippen molar-refractivity contribution in [1.29, 1.82) is 0 Å². The zero-order valence-corrected chi connectivity index (χ0v) is 14.0. The summed E-state index contributed by atoms with van der Waals surface area (Å²) in [6.45, 7) is 0.536. The quantitative estimate of drug-likeness (QED) is 0.814. The molecular formula is C12H11BrF2N2O2S2. The van der Waals surface area contributed by atoms with Crippen LogP contribution in [0.15, 0.2) is 32.9 Å². The third-order valence-electron chi connectivity index (χ3n) is 2.53. The highest BCUT2D eigenvalue weighted by atomic mass is 79.9. The lowest BCUT2D eigenvalue weighted by Crippen LogP contribution is -2.14. The number of hydrogen-bond acceptors (Lipinski definition) is 4. The number of anilines is 1. The van der Waals surface area contributed by atoms with Crippen LogP contribution < -0.4 is 10.0 Å². The van der Waals surface area contributed by atoms with Crippen LogP contribution in [0.5, 0.6) is 0 Å². The lowest BCUT2D eigenvalue weighted by Gasteiger charge is -2.09. The summed E-state index contributed by atoms with van der Waals surface area (Å²) in [6, 6.07) is 3.10. The molecule has 0 atom stereocenters. The van der Waals surface area contributed by atoms with Crippen molar-refractivity contribution in [2.75, 3.05) is 11.8 Å². The normalized spacial score (nSPS) is 11.6. The SMILES string of the molecule is CNCc1cc(S(=O)(=O)Nc2c(F)cc(F)cc2Br)cs1. The topological polar surface area (TPSA) is 58.2 Å². The number of benzene rings is 1. The molecule has 0 unspecified atom stereocenters. The fourth-order valence-electron chi connectivity index (χ4n) is 1.60. The van der Waals surface area contributed by atoms with Crippen molar-refractivity contribution in [3.8, 4) is 0 Å². The Kier molecular flexibility index (Phi) is 4.97. The Morgan fingerprint density at radius 2 is 2.00 bits per heavy atom. The van der Waals surface area contributed by atoms with Gasteiger partial charge in [-0.2, -0.15) is 0 Å². The van der Waals surface area contributed by atoms with Gasteiger partial charge >= 0.3 is 0 Å². The highest BCUT2D eigenvalue weighted by Crippen LogP contribution is 2.30. The molecule has 114 valence electrons. The molecule has 1 heterocycles. The first-order chi connectivity index (χ1) is 9.83. The second-order valence-corrected chi connectivity index (χ2v) is 7.66. The summed E-state index contributed by atoms with van der Waals surface area (Å²) in [6.07, 6.45) is 0. The zero-order chi connectivity index (χ0) is 15.6. The first-order valence-corrected chi connectivity index (χ1v) is 8.88. The molecule has 1 aromatic heterocycles. The maximum atomic E-state index is 13.7. The molecule has 0 spiro atoms. The van der Waals surface area contributed by atoms with Crippen LogP contribution in [-0.4, -0.2) is 15.5 Å². The van der Waals surface area contributed by atoms with Gasteiger partial charge in [-0.1, -0.05) is 0 Å². The summed E-state index contributed by atoms with van der Waals surface area (Å²) >= 11 is 4.21. The van der Waals surface area contributed by atoms with Crippen LogP contribution in [0, 0.1) is 11.6 Å². The van der Waals surface area contributed by atoms with Crippen LogP contribution in [-0.2, 0) is 16.6 Å². The maximum Gasteiger partial charge on any atom is 0.262 e. The van der Waals surface area contributed by atoms with Crippen molar-refractivity contribution in [2.24, 2.45) is 0 Å². The number of hydrogen-bond donors (Lipinski definition) is 2. The molecule has 2 N–H and O–H groups in total. The Bertz CT molecular complexity index is 739. The van der Waals surface area contributed by atoms with Crippen molar-refractivity contribution in [2.45, 2.75) is 11.4 Å². The first-order valence-electron chi connectivity index (χ1n) is 5.73. The summed E-state index contributed by atoms with van der Waals surface area (Å²) in [5.41, 5.74) is -0.322. The van der Waals surface area contributed by atoms with Gasteiger partial charge in [-0.05, 0) is 35.1 Å². The van der Waals surface area contributed by atoms with Gasteiger partial charge in [0.2, 0.25) is 0 Å². The van der Waals surface area contributed by atoms with Crippen LogP contribution >= 0.6 is 27.3 Å². The van der Waals surface area contributed by atoms with Crippen molar-refractivity contribution >= 4 is 43.0 Å². The molecule has 0 amide bonds. The van der Waals surface area contributed by atoms with E-state index in [1.165, 1.54) is 22.8 Å². The highest BCUT2D eigenvalue weighted by Gasteiger charge is 2.20. The van der Waals surface area contributed by atoms with Gasteiger partial charge in [0.1, 0.15) is 5.82 Å². The number of rotatable bonds is 5. The Morgan fingerprint density at radius 3 is 2.62 bits per heavy atom. The molecule has 2 aromatic rings. The molecule has 0 saturated heterocycles. The van der Waals surface area contributed by atoms with E-state index in [1.807, 2.05) is 0 Å². The zero-order valence-electron chi connectivity index (χ0n) is 10.8. The predicted octanol–water partition coefficient (Wildman–Crippen LogP) is 3.31. The molecule has 0 radical (unpaired) electrons. The molecule has 0 aliphatic carbocycles. The summed E-state index contributed by atoms with van der Waals surface area (Å²) < 4.78 is 53.2. The van der Waals surface area contributed by atoms with E-state index in [1.54, 1.807) is 7.05 Å². The average molecular weight is 397 g/mol. The van der Waals surface area contributed by atoms with Gasteiger partial charge < -0.3 is 5.32 Å². The summed E-state index contributed by atoms with van der Waals surface area (Å²) in [5, 5.41) is 4.37. The summed E-state index contributed by atoms with van der Waals surface area (Å²) in [7, 11) is -2.18. The maximum absolute atomic E-state index is 13.7. The molecule has 21 heavy (non-hydrogen) atoms. The van der Waals surface area contributed by atoms with Gasteiger partial charge in [-0.25, -0.2) is 17.2 Å². The van der Waals surface area contributed by atoms with E-state index < -0.39 is 21.7 Å². The van der Waals surface area contributed by atoms with Gasteiger partial charge in [0.15, 0.2) is 5.82 Å². The summed E-state index contributed by atoms with van der Waals surface area (Å²) in [5.74, 6) is -1.79. The number of thiophene rings is 1. The van der Waals surface area contributed by atoms with Crippen LogP contribution in [0.1, 0.15) is 4.88 Å². The fourth-order valence-corrected chi connectivity index (χ4v) is 4.62. The van der Waals surface area contributed by atoms with Gasteiger partial charge in [0.25, 0.3) is 10.0 Å². The van der Waals surface area contributed by atoms with Gasteiger partial charge in [-0.15, -0.1) is 11.3 Å². The lowest BCUT2D eigenvalue weighted by atomic mass is 10.3. The minimum atomic E-state index is -3.93. The van der Waals surface area contributed by atoms with E-state index in [0.29, 0.717) is 12.6 Å². The Balaban J connectivity index is 2.33. The van der Waals surface area contributed by atoms with Gasteiger partial charge in [-0.3, -0.25) is 4.72 Å². The predicted molar refractivity (Wildman–Crippen MR) is 81.9 cm³/mol. The van der Waals surface area contributed by atoms with Crippen molar-refractivity contribution < 1.29 is 17.2 Å². The molecule has 0 aliphatic rings. The molecule has 0 aliphatic heterocycles. The second-order valence-electron chi connectivity index (χ2n) is 4.13. The van der Waals surface area contributed by atoms with Crippen LogP contribution in [0.25, 0.3) is 0 Å². The first kappa shape index (κ1) is 16.3. The second kappa shape index (κ2) is 6.39. The smallest absolute Gasteiger partial charge is 0.262 e. The molecule has 9 heteroatoms. The number of halogens is 3.